The van der Waals surface area contributed by atoms with Gasteiger partial charge in [0.15, 0.2) is 0 Å². The molecule has 18 heteroatoms. The summed E-state index contributed by atoms with van der Waals surface area (Å²) in [6.07, 6.45) is 0. The molecule has 0 heterocycles. The van der Waals surface area contributed by atoms with E-state index in [1.807, 2.05) is 0 Å². The molecule has 0 aromatic carbocycles. The Hall–Kier alpha value is -4.32. The van der Waals surface area contributed by atoms with Gasteiger partial charge >= 0.3 is 23.9 Å². The van der Waals surface area contributed by atoms with E-state index in [1.165, 1.54) is 0 Å². The van der Waals surface area contributed by atoms with Crippen LogP contribution in [0, 0.1) is 0 Å². The first-order valence-corrected chi connectivity index (χ1v) is 9.21. The molecule has 0 spiro atoms. The average molecular weight is 532 g/mol. The number of nitrogens with zero attached hydrogens (tertiary/aromatic N) is 2. The van der Waals surface area contributed by atoms with Crippen LogP contribution in [0.25, 0.3) is 0 Å². The zero-order valence-corrected chi connectivity index (χ0v) is 21.0. The molecule has 36 heavy (non-hydrogen) atoms. The maximum absolute atomic E-state index is 10.8. The summed E-state index contributed by atoms with van der Waals surface area (Å²) in [6, 6.07) is 0. The number of hydrogen-bond donors (Lipinski definition) is 4. The molecule has 0 rings (SSSR count). The standard InChI is InChI=1S/C10H16N2O8.4C2H4O2/c1-7(13)17-11(18-8(2)14)5-6-12(19-9(3)15)20-10(4)16;4*1-2(3)4/h5-6H2,1-4H3;4*1H3,(H,3,4). The predicted molar refractivity (Wildman–Crippen MR) is 114 cm³/mol. The smallest absolute Gasteiger partial charge is 0.326 e. The van der Waals surface area contributed by atoms with Crippen LogP contribution in [0.5, 0.6) is 0 Å². The summed E-state index contributed by atoms with van der Waals surface area (Å²) in [5, 5.41) is 30.8. The van der Waals surface area contributed by atoms with E-state index in [-0.39, 0.29) is 13.1 Å². The third-order valence-electron chi connectivity index (χ3n) is 1.39. The Morgan fingerprint density at radius 3 is 0.611 bits per heavy atom. The molecule has 0 bridgehead atoms. The molecule has 18 nitrogen and oxygen atoms in total. The van der Waals surface area contributed by atoms with E-state index in [0.29, 0.717) is 10.5 Å². The van der Waals surface area contributed by atoms with Gasteiger partial charge in [0.25, 0.3) is 23.9 Å². The van der Waals surface area contributed by atoms with Crippen LogP contribution in [-0.2, 0) is 57.7 Å². The molecule has 0 aliphatic rings. The summed E-state index contributed by atoms with van der Waals surface area (Å²) in [4.78, 5) is 97.4. The number of hydroxylamine groups is 4. The van der Waals surface area contributed by atoms with E-state index in [4.69, 9.17) is 39.6 Å². The van der Waals surface area contributed by atoms with E-state index in [9.17, 15) is 19.2 Å². The Morgan fingerprint density at radius 2 is 0.528 bits per heavy atom. The Balaban J connectivity index is -0.000000161. The summed E-state index contributed by atoms with van der Waals surface area (Å²) < 4.78 is 0. The summed E-state index contributed by atoms with van der Waals surface area (Å²) in [6.45, 7) is 8.30. The molecular weight excluding hydrogens is 500 g/mol. The molecule has 210 valence electrons. The fourth-order valence-corrected chi connectivity index (χ4v) is 0.957. The van der Waals surface area contributed by atoms with Crippen LogP contribution in [0.3, 0.4) is 0 Å². The number of rotatable bonds is 7. The van der Waals surface area contributed by atoms with Crippen molar-refractivity contribution in [2.24, 2.45) is 0 Å². The van der Waals surface area contributed by atoms with Crippen molar-refractivity contribution in [3.63, 3.8) is 0 Å². The van der Waals surface area contributed by atoms with Crippen molar-refractivity contribution < 1.29 is 78.1 Å². The first kappa shape index (κ1) is 41.9. The van der Waals surface area contributed by atoms with E-state index in [1.54, 1.807) is 0 Å². The molecule has 0 unspecified atom stereocenters. The van der Waals surface area contributed by atoms with Gasteiger partial charge in [0.2, 0.25) is 0 Å². The summed E-state index contributed by atoms with van der Waals surface area (Å²) >= 11 is 0. The van der Waals surface area contributed by atoms with Crippen molar-refractivity contribution in [2.75, 3.05) is 13.1 Å². The highest BCUT2D eigenvalue weighted by Gasteiger charge is 2.19. The van der Waals surface area contributed by atoms with Crippen molar-refractivity contribution >= 4 is 47.8 Å². The molecule has 0 saturated carbocycles. The normalized spacial score (nSPS) is 8.39. The Labute approximate surface area is 205 Å². The maximum Gasteiger partial charge on any atom is 0.326 e. The number of carboxylic acids is 4. The van der Waals surface area contributed by atoms with Crippen LogP contribution in [0.15, 0.2) is 0 Å². The fourth-order valence-electron chi connectivity index (χ4n) is 0.957. The van der Waals surface area contributed by atoms with Crippen LogP contribution in [0.4, 0.5) is 0 Å². The van der Waals surface area contributed by atoms with Crippen LogP contribution < -0.4 is 0 Å². The second kappa shape index (κ2) is 26.9. The second-order valence-electron chi connectivity index (χ2n) is 5.52. The quantitative estimate of drug-likeness (QED) is 0.311. The van der Waals surface area contributed by atoms with E-state index < -0.39 is 47.8 Å². The molecule has 0 aromatic heterocycles. The first-order valence-electron chi connectivity index (χ1n) is 9.21. The lowest BCUT2D eigenvalue weighted by molar-refractivity contribution is -0.354. The minimum atomic E-state index is -0.833. The average Bonchev–Trinajstić information content (AvgIpc) is 2.55. The topological polar surface area (TPSA) is 261 Å². The van der Waals surface area contributed by atoms with Crippen molar-refractivity contribution in [3.8, 4) is 0 Å². The van der Waals surface area contributed by atoms with Crippen molar-refractivity contribution in [3.05, 3.63) is 0 Å². The molecule has 4 N–H and O–H groups in total. The Morgan fingerprint density at radius 1 is 0.417 bits per heavy atom. The van der Waals surface area contributed by atoms with E-state index in [2.05, 4.69) is 19.4 Å². The van der Waals surface area contributed by atoms with Gasteiger partial charge in [-0.2, -0.15) is 0 Å². The molecule has 0 fully saturated rings. The lowest BCUT2D eigenvalue weighted by Gasteiger charge is -2.22. The fraction of sp³-hybridized carbons (Fsp3) is 0.556. The molecule has 0 amide bonds. The van der Waals surface area contributed by atoms with Gasteiger partial charge in [0.05, 0.1) is 13.1 Å². The van der Waals surface area contributed by atoms with Gasteiger partial charge in [-0.3, -0.25) is 38.4 Å². The number of carbonyl (C=O) groups excluding carboxylic acids is 4. The predicted octanol–water partition coefficient (Wildman–Crippen LogP) is -0.134. The third kappa shape index (κ3) is 87.7. The van der Waals surface area contributed by atoms with Gasteiger partial charge < -0.3 is 39.8 Å². The first-order chi connectivity index (χ1) is 16.1. The Bertz CT molecular complexity index is 590. The molecule has 0 atom stereocenters. The van der Waals surface area contributed by atoms with Gasteiger partial charge in [-0.1, -0.05) is 0 Å². The minimum Gasteiger partial charge on any atom is -0.481 e. The van der Waals surface area contributed by atoms with Crippen LogP contribution >= 0.6 is 0 Å². The minimum absolute atomic E-state index is 0.223. The van der Waals surface area contributed by atoms with Crippen LogP contribution in [0.2, 0.25) is 0 Å². The molecule has 0 aliphatic carbocycles. The van der Waals surface area contributed by atoms with Crippen LogP contribution in [-0.4, -0.2) is 91.7 Å². The molecule has 0 aliphatic heterocycles. The highest BCUT2D eigenvalue weighted by molar-refractivity contribution is 5.67. The van der Waals surface area contributed by atoms with Gasteiger partial charge in [-0.25, -0.2) is 0 Å². The zero-order valence-electron chi connectivity index (χ0n) is 21.0. The van der Waals surface area contributed by atoms with Crippen LogP contribution in [0.1, 0.15) is 55.4 Å². The third-order valence-corrected chi connectivity index (χ3v) is 1.39. The number of carboxylic acid groups (broad SMARTS) is 4. The van der Waals surface area contributed by atoms with Gasteiger partial charge in [-0.05, 0) is 0 Å². The van der Waals surface area contributed by atoms with Crippen molar-refractivity contribution in [1.29, 1.82) is 0 Å². The van der Waals surface area contributed by atoms with Gasteiger partial charge in [-0.15, -0.1) is 0 Å². The Kier molecular flexibility index (Phi) is 31.3. The monoisotopic (exact) mass is 532 g/mol. The largest absolute Gasteiger partial charge is 0.481 e. The summed E-state index contributed by atoms with van der Waals surface area (Å²) in [7, 11) is 0. The second-order valence-corrected chi connectivity index (χ2v) is 5.52. The van der Waals surface area contributed by atoms with E-state index >= 15 is 0 Å². The molecule has 0 saturated heterocycles. The zero-order chi connectivity index (χ0) is 30.0. The van der Waals surface area contributed by atoms with Crippen molar-refractivity contribution in [1.82, 2.24) is 10.5 Å². The molecule has 0 aromatic rings. The SMILES string of the molecule is CC(=O)O.CC(=O)O.CC(=O)O.CC(=O)O.CC(=O)ON(CCN(OC(C)=O)OC(C)=O)OC(C)=O. The molecular formula is C18H32N2O16. The number of hydrogen-bond acceptors (Lipinski definition) is 14. The lowest BCUT2D eigenvalue weighted by Crippen LogP contribution is -2.38. The molecule has 0 radical (unpaired) electrons. The summed E-state index contributed by atoms with van der Waals surface area (Å²) in [5.41, 5.74) is 0. The highest BCUT2D eigenvalue weighted by Crippen LogP contribution is 1.99. The van der Waals surface area contributed by atoms with Gasteiger partial charge in [0, 0.05) is 65.8 Å². The lowest BCUT2D eigenvalue weighted by atomic mass is 10.7. The number of aliphatic carboxylic acids is 4. The van der Waals surface area contributed by atoms with Gasteiger partial charge in [0.1, 0.15) is 0 Å². The van der Waals surface area contributed by atoms with E-state index in [0.717, 1.165) is 55.4 Å². The maximum atomic E-state index is 10.8. The highest BCUT2D eigenvalue weighted by atomic mass is 17.0. The summed E-state index contributed by atoms with van der Waals surface area (Å²) in [5.74, 6) is -6.23. The van der Waals surface area contributed by atoms with Crippen molar-refractivity contribution in [2.45, 2.75) is 55.4 Å². The number of carbonyl (C=O) groups is 8.